The molecule has 0 aromatic heterocycles. The second kappa shape index (κ2) is 10.5. The standard InChI is InChI=1S/C18H24N4O2S.HI/c1-14(2)22-25(23,24)13-16-9-7-6-8-15(16)12-20-18(19)21-17-10-4-3-5-11-17;/h3-11,14,22H,12-13H2,1-2H3,(H3,19,20,21);1H. The van der Waals surface area contributed by atoms with E-state index >= 15 is 0 Å². The summed E-state index contributed by atoms with van der Waals surface area (Å²) >= 11 is 0. The van der Waals surface area contributed by atoms with E-state index in [4.69, 9.17) is 5.73 Å². The van der Waals surface area contributed by atoms with E-state index in [1.165, 1.54) is 0 Å². The maximum Gasteiger partial charge on any atom is 0.216 e. The van der Waals surface area contributed by atoms with E-state index in [1.807, 2.05) is 48.5 Å². The first-order valence-electron chi connectivity index (χ1n) is 8.04. The number of nitrogens with zero attached hydrogens (tertiary/aromatic N) is 1. The SMILES string of the molecule is CC(C)NS(=O)(=O)Cc1ccccc1CN=C(N)Nc1ccccc1.I. The normalized spacial score (nSPS) is 11.9. The number of aliphatic imine (C=N–C) groups is 1. The maximum atomic E-state index is 12.2. The lowest BCUT2D eigenvalue weighted by molar-refractivity contribution is 0.569. The zero-order chi connectivity index (χ0) is 18.3. The van der Waals surface area contributed by atoms with Gasteiger partial charge in [0.2, 0.25) is 10.0 Å². The average Bonchev–Trinajstić information content (AvgIpc) is 2.53. The lowest BCUT2D eigenvalue weighted by atomic mass is 10.1. The topological polar surface area (TPSA) is 96.6 Å². The second-order valence-corrected chi connectivity index (χ2v) is 7.75. The molecule has 0 saturated heterocycles. The Kier molecular flexibility index (Phi) is 9.03. The van der Waals surface area contributed by atoms with Gasteiger partial charge >= 0.3 is 0 Å². The Hall–Kier alpha value is -1.65. The van der Waals surface area contributed by atoms with Crippen molar-refractivity contribution in [1.29, 1.82) is 0 Å². The van der Waals surface area contributed by atoms with Crippen molar-refractivity contribution >= 4 is 45.6 Å². The second-order valence-electron chi connectivity index (χ2n) is 5.99. The molecule has 26 heavy (non-hydrogen) atoms. The molecule has 0 aliphatic carbocycles. The van der Waals surface area contributed by atoms with Gasteiger partial charge in [0.25, 0.3) is 0 Å². The fourth-order valence-electron chi connectivity index (χ4n) is 2.34. The molecule has 2 aromatic rings. The number of rotatable bonds is 7. The molecule has 0 aliphatic rings. The summed E-state index contributed by atoms with van der Waals surface area (Å²) in [6.45, 7) is 3.90. The molecule has 2 rings (SSSR count). The fraction of sp³-hybridized carbons (Fsp3) is 0.278. The van der Waals surface area contributed by atoms with Crippen LogP contribution in [0.4, 0.5) is 5.69 Å². The summed E-state index contributed by atoms with van der Waals surface area (Å²) in [4.78, 5) is 4.31. The molecular formula is C18H25IN4O2S. The summed E-state index contributed by atoms with van der Waals surface area (Å²) < 4.78 is 26.9. The van der Waals surface area contributed by atoms with E-state index in [9.17, 15) is 8.42 Å². The highest BCUT2D eigenvalue weighted by Crippen LogP contribution is 2.14. The molecule has 142 valence electrons. The summed E-state index contributed by atoms with van der Waals surface area (Å²) in [6.07, 6.45) is 0. The van der Waals surface area contributed by atoms with Gasteiger partial charge in [0.1, 0.15) is 0 Å². The number of anilines is 1. The van der Waals surface area contributed by atoms with Crippen molar-refractivity contribution in [1.82, 2.24) is 4.72 Å². The molecule has 0 aliphatic heterocycles. The Morgan fingerprint density at radius 2 is 1.62 bits per heavy atom. The molecule has 2 aromatic carbocycles. The first kappa shape index (κ1) is 22.4. The number of halogens is 1. The monoisotopic (exact) mass is 488 g/mol. The zero-order valence-electron chi connectivity index (χ0n) is 14.8. The number of sulfonamides is 1. The summed E-state index contributed by atoms with van der Waals surface area (Å²) in [5.74, 6) is 0.201. The van der Waals surface area contributed by atoms with Crippen molar-refractivity contribution in [3.63, 3.8) is 0 Å². The molecule has 0 atom stereocenters. The quantitative estimate of drug-likeness (QED) is 0.317. The molecule has 0 bridgehead atoms. The van der Waals surface area contributed by atoms with Crippen molar-refractivity contribution in [2.75, 3.05) is 5.32 Å². The summed E-state index contributed by atoms with van der Waals surface area (Å²) in [5.41, 5.74) is 8.30. The van der Waals surface area contributed by atoms with Crippen LogP contribution in [0.3, 0.4) is 0 Å². The van der Waals surface area contributed by atoms with Crippen LogP contribution >= 0.6 is 24.0 Å². The third kappa shape index (κ3) is 7.71. The van der Waals surface area contributed by atoms with Gasteiger partial charge in [-0.1, -0.05) is 42.5 Å². The molecule has 0 fully saturated rings. The van der Waals surface area contributed by atoms with Crippen LogP contribution in [-0.2, 0) is 22.3 Å². The predicted octanol–water partition coefficient (Wildman–Crippen LogP) is 3.06. The van der Waals surface area contributed by atoms with Crippen LogP contribution in [0.15, 0.2) is 59.6 Å². The van der Waals surface area contributed by atoms with Crippen molar-refractivity contribution in [3.05, 3.63) is 65.7 Å². The Balaban J connectivity index is 0.00000338. The van der Waals surface area contributed by atoms with E-state index in [-0.39, 0.29) is 41.7 Å². The molecule has 4 N–H and O–H groups in total. The van der Waals surface area contributed by atoms with E-state index in [0.29, 0.717) is 12.1 Å². The van der Waals surface area contributed by atoms with Gasteiger partial charge in [-0.3, -0.25) is 0 Å². The minimum absolute atomic E-state index is 0. The van der Waals surface area contributed by atoms with Crippen LogP contribution in [0.5, 0.6) is 0 Å². The van der Waals surface area contributed by atoms with Crippen LogP contribution in [0.1, 0.15) is 25.0 Å². The first-order valence-corrected chi connectivity index (χ1v) is 9.70. The number of hydrogen-bond acceptors (Lipinski definition) is 3. The van der Waals surface area contributed by atoms with Gasteiger partial charge in [0, 0.05) is 11.7 Å². The van der Waals surface area contributed by atoms with Crippen LogP contribution in [-0.4, -0.2) is 20.4 Å². The molecule has 0 amide bonds. The van der Waals surface area contributed by atoms with Crippen molar-refractivity contribution in [2.24, 2.45) is 10.7 Å². The van der Waals surface area contributed by atoms with E-state index in [1.54, 1.807) is 19.9 Å². The number of hydrogen-bond donors (Lipinski definition) is 3. The van der Waals surface area contributed by atoms with Gasteiger partial charge in [-0.2, -0.15) is 0 Å². The van der Waals surface area contributed by atoms with Crippen molar-refractivity contribution < 1.29 is 8.42 Å². The molecule has 0 unspecified atom stereocenters. The highest BCUT2D eigenvalue weighted by Gasteiger charge is 2.15. The Bertz CT molecular complexity index is 824. The maximum absolute atomic E-state index is 12.2. The van der Waals surface area contributed by atoms with Crippen LogP contribution < -0.4 is 15.8 Å². The molecule has 0 heterocycles. The molecule has 8 heteroatoms. The van der Waals surface area contributed by atoms with Gasteiger partial charge in [-0.05, 0) is 37.1 Å². The van der Waals surface area contributed by atoms with Gasteiger partial charge < -0.3 is 11.1 Å². The molecular weight excluding hydrogens is 463 g/mol. The van der Waals surface area contributed by atoms with Gasteiger partial charge in [-0.15, -0.1) is 24.0 Å². The Morgan fingerprint density at radius 1 is 1.04 bits per heavy atom. The molecule has 0 radical (unpaired) electrons. The number of nitrogens with two attached hydrogens (primary N) is 1. The van der Waals surface area contributed by atoms with Crippen LogP contribution in [0.2, 0.25) is 0 Å². The first-order chi connectivity index (χ1) is 11.9. The largest absolute Gasteiger partial charge is 0.370 e. The van der Waals surface area contributed by atoms with E-state index in [2.05, 4.69) is 15.0 Å². The molecule has 0 spiro atoms. The number of benzene rings is 2. The van der Waals surface area contributed by atoms with Crippen molar-refractivity contribution in [3.8, 4) is 0 Å². The lowest BCUT2D eigenvalue weighted by Crippen LogP contribution is -2.31. The smallest absolute Gasteiger partial charge is 0.216 e. The summed E-state index contributed by atoms with van der Waals surface area (Å²) in [6, 6.07) is 16.7. The van der Waals surface area contributed by atoms with Gasteiger partial charge in [0.15, 0.2) is 5.96 Å². The van der Waals surface area contributed by atoms with Crippen LogP contribution in [0.25, 0.3) is 0 Å². The highest BCUT2D eigenvalue weighted by atomic mass is 127. The average molecular weight is 488 g/mol. The zero-order valence-corrected chi connectivity index (χ0v) is 18.0. The highest BCUT2D eigenvalue weighted by molar-refractivity contribution is 14.0. The number of nitrogens with one attached hydrogen (secondary N) is 2. The fourth-order valence-corrected chi connectivity index (χ4v) is 3.83. The summed E-state index contributed by atoms with van der Waals surface area (Å²) in [5, 5.41) is 3.00. The van der Waals surface area contributed by atoms with Gasteiger partial charge in [0.05, 0.1) is 12.3 Å². The van der Waals surface area contributed by atoms with Gasteiger partial charge in [-0.25, -0.2) is 18.1 Å². The third-order valence-electron chi connectivity index (χ3n) is 3.35. The minimum Gasteiger partial charge on any atom is -0.370 e. The Labute approximate surface area is 172 Å². The summed E-state index contributed by atoms with van der Waals surface area (Å²) in [7, 11) is -3.39. The molecule has 6 nitrogen and oxygen atoms in total. The minimum atomic E-state index is -3.39. The van der Waals surface area contributed by atoms with Crippen molar-refractivity contribution in [2.45, 2.75) is 32.2 Å². The lowest BCUT2D eigenvalue weighted by Gasteiger charge is -2.12. The predicted molar refractivity (Wildman–Crippen MR) is 118 cm³/mol. The molecule has 0 saturated carbocycles. The van der Waals surface area contributed by atoms with E-state index in [0.717, 1.165) is 11.3 Å². The van der Waals surface area contributed by atoms with E-state index < -0.39 is 10.0 Å². The third-order valence-corrected chi connectivity index (χ3v) is 4.87. The van der Waals surface area contributed by atoms with Crippen LogP contribution in [0, 0.1) is 0 Å². The number of guanidine groups is 1. The number of para-hydroxylation sites is 1. The Morgan fingerprint density at radius 3 is 2.23 bits per heavy atom.